The van der Waals surface area contributed by atoms with Gasteiger partial charge in [0.05, 0.1) is 0 Å². The molecule has 0 aromatic rings. The van der Waals surface area contributed by atoms with E-state index in [1.165, 1.54) is 0 Å². The molecule has 0 radical (unpaired) electrons. The third kappa shape index (κ3) is 4.26. The Balaban J connectivity index is 0. The quantitative estimate of drug-likeness (QED) is 0.231. The number of hydrogen-bond acceptors (Lipinski definition) is 3. The molecule has 56 valence electrons. The van der Waals surface area contributed by atoms with Crippen LogP contribution in [0, 0.1) is 5.41 Å². The molecule has 0 aliphatic carbocycles. The summed E-state index contributed by atoms with van der Waals surface area (Å²) >= 11 is 0. The summed E-state index contributed by atoms with van der Waals surface area (Å²) in [4.78, 5) is 0. The first-order valence-corrected chi connectivity index (χ1v) is 2.83. The molecular formula is C2H3F3NNaO2S. The maximum atomic E-state index is 11.1. The van der Waals surface area contributed by atoms with Gasteiger partial charge in [-0.3, -0.25) is 5.41 Å². The third-order valence-corrected chi connectivity index (χ3v) is 1.07. The monoisotopic (exact) mass is 185 g/mol. The van der Waals surface area contributed by atoms with E-state index >= 15 is 0 Å². The second-order valence-corrected chi connectivity index (χ2v) is 2.06. The molecule has 1 N–H and O–H groups in total. The van der Waals surface area contributed by atoms with E-state index < -0.39 is 21.9 Å². The van der Waals surface area contributed by atoms with E-state index in [9.17, 15) is 21.6 Å². The van der Waals surface area contributed by atoms with E-state index in [2.05, 4.69) is 0 Å². The summed E-state index contributed by atoms with van der Waals surface area (Å²) in [7, 11) is -3.79. The molecular weight excluding hydrogens is 182 g/mol. The van der Waals surface area contributed by atoms with Gasteiger partial charge in [-0.1, -0.05) is 0 Å². The Bertz CT molecular complexity index is 189. The van der Waals surface area contributed by atoms with E-state index in [0.29, 0.717) is 0 Å². The van der Waals surface area contributed by atoms with E-state index in [0.717, 1.165) is 0 Å². The average molecular weight is 185 g/mol. The second-order valence-electron chi connectivity index (χ2n) is 1.10. The molecule has 0 aromatic carbocycles. The Kier molecular flexibility index (Phi) is 5.63. The number of rotatable bonds is 0. The fourth-order valence-electron chi connectivity index (χ4n) is 0.104. The van der Waals surface area contributed by atoms with Crippen LogP contribution in [0.4, 0.5) is 13.2 Å². The molecule has 0 saturated carbocycles. The fraction of sp³-hybridized carbons (Fsp3) is 0.500. The van der Waals surface area contributed by atoms with Gasteiger partial charge in [0.2, 0.25) is 5.04 Å². The van der Waals surface area contributed by atoms with Crippen molar-refractivity contribution in [1.82, 2.24) is 0 Å². The number of hydrogen-bond donors (Lipinski definition) is 2. The van der Waals surface area contributed by atoms with Crippen LogP contribution in [-0.2, 0) is 10.7 Å². The molecule has 0 saturated heterocycles. The Morgan fingerprint density at radius 2 is 1.60 bits per heavy atom. The number of nitrogens with one attached hydrogen (secondary N) is 1. The summed E-state index contributed by atoms with van der Waals surface area (Å²) in [5.74, 6) is 0. The van der Waals surface area contributed by atoms with Gasteiger partial charge in [-0.25, -0.2) is 8.42 Å². The van der Waals surface area contributed by atoms with Crippen molar-refractivity contribution in [2.75, 3.05) is 0 Å². The first-order valence-electron chi connectivity index (χ1n) is 1.66. The zero-order valence-corrected chi connectivity index (χ0v) is 4.79. The minimum atomic E-state index is -5.03. The van der Waals surface area contributed by atoms with Crippen molar-refractivity contribution in [2.45, 2.75) is 6.18 Å². The predicted molar refractivity (Wildman–Crippen MR) is 31.2 cm³/mol. The van der Waals surface area contributed by atoms with Crippen LogP contribution < -0.4 is 0 Å². The van der Waals surface area contributed by atoms with Gasteiger partial charge in [0.1, 0.15) is 0 Å². The Morgan fingerprint density at radius 1 is 1.30 bits per heavy atom. The van der Waals surface area contributed by atoms with E-state index in [1.54, 1.807) is 0 Å². The Labute approximate surface area is 78.4 Å². The molecule has 0 heterocycles. The van der Waals surface area contributed by atoms with Crippen LogP contribution in [0.25, 0.3) is 0 Å². The zero-order valence-electron chi connectivity index (χ0n) is 3.90. The summed E-state index contributed by atoms with van der Waals surface area (Å²) < 4.78 is 52.2. The zero-order chi connectivity index (χ0) is 7.65. The SMILES string of the molecule is N=C([SH](=O)=O)C(F)(F)F.[NaH]. The topological polar surface area (TPSA) is 58.0 Å². The van der Waals surface area contributed by atoms with Crippen LogP contribution in [0.2, 0.25) is 0 Å². The van der Waals surface area contributed by atoms with Gasteiger partial charge in [-0.05, 0) is 0 Å². The van der Waals surface area contributed by atoms with Gasteiger partial charge in [0.15, 0.2) is 10.7 Å². The Morgan fingerprint density at radius 3 is 1.60 bits per heavy atom. The Hall–Kier alpha value is 0.410. The molecule has 0 rings (SSSR count). The van der Waals surface area contributed by atoms with Crippen LogP contribution >= 0.6 is 0 Å². The molecule has 0 aromatic heterocycles. The molecule has 0 unspecified atom stereocenters. The molecule has 0 aliphatic heterocycles. The second kappa shape index (κ2) is 4.32. The fourth-order valence-corrected chi connectivity index (χ4v) is 0.311. The minimum absolute atomic E-state index is 0. The summed E-state index contributed by atoms with van der Waals surface area (Å²) in [6.45, 7) is 0. The van der Waals surface area contributed by atoms with E-state index in [1.807, 2.05) is 0 Å². The van der Waals surface area contributed by atoms with Gasteiger partial charge in [-0.15, -0.1) is 0 Å². The van der Waals surface area contributed by atoms with Gasteiger partial charge in [0, 0.05) is 0 Å². The van der Waals surface area contributed by atoms with Gasteiger partial charge in [-0.2, -0.15) is 13.2 Å². The van der Waals surface area contributed by atoms with Crippen LogP contribution in [0.15, 0.2) is 0 Å². The summed E-state index contributed by atoms with van der Waals surface area (Å²) in [5.41, 5.74) is 0. The molecule has 0 fully saturated rings. The number of alkyl halides is 3. The first kappa shape index (κ1) is 13.0. The van der Waals surface area contributed by atoms with Crippen LogP contribution in [0.1, 0.15) is 0 Å². The molecule has 0 spiro atoms. The summed E-state index contributed by atoms with van der Waals surface area (Å²) in [6.07, 6.45) is -5.03. The maximum absolute atomic E-state index is 11.1. The summed E-state index contributed by atoms with van der Waals surface area (Å²) in [6, 6.07) is 0. The molecule has 0 atom stereocenters. The molecule has 0 bridgehead atoms. The third-order valence-electron chi connectivity index (χ3n) is 0.451. The van der Waals surface area contributed by atoms with Gasteiger partial charge in [0.25, 0.3) is 0 Å². The van der Waals surface area contributed by atoms with Gasteiger partial charge >= 0.3 is 35.7 Å². The molecule has 10 heavy (non-hydrogen) atoms. The van der Waals surface area contributed by atoms with Crippen LogP contribution in [0.3, 0.4) is 0 Å². The molecule has 3 nitrogen and oxygen atoms in total. The van der Waals surface area contributed by atoms with Crippen LogP contribution in [0.5, 0.6) is 0 Å². The van der Waals surface area contributed by atoms with Crippen molar-refractivity contribution in [3.63, 3.8) is 0 Å². The van der Waals surface area contributed by atoms with Crippen molar-refractivity contribution in [2.24, 2.45) is 0 Å². The van der Waals surface area contributed by atoms with Gasteiger partial charge < -0.3 is 0 Å². The van der Waals surface area contributed by atoms with Crippen molar-refractivity contribution >= 4 is 45.3 Å². The molecule has 0 aliphatic rings. The number of thiol groups is 1. The van der Waals surface area contributed by atoms with Crippen LogP contribution in [-0.4, -0.2) is 49.2 Å². The van der Waals surface area contributed by atoms with Crippen molar-refractivity contribution in [1.29, 1.82) is 5.41 Å². The predicted octanol–water partition coefficient (Wildman–Crippen LogP) is -0.511. The van der Waals surface area contributed by atoms with E-state index in [-0.39, 0.29) is 29.6 Å². The molecule has 8 heteroatoms. The summed E-state index contributed by atoms with van der Waals surface area (Å²) in [5, 5.41) is 3.66. The van der Waals surface area contributed by atoms with Crippen molar-refractivity contribution < 1.29 is 21.6 Å². The normalized spacial score (nSPS) is 10.8. The average Bonchev–Trinajstić information content (AvgIpc) is 1.62. The standard InChI is InChI=1S/C2H2F3NO2S.Na.H/c3-2(4,5)1(6)9(7)8;;/h6,9H;;. The number of halogens is 3. The van der Waals surface area contributed by atoms with Crippen molar-refractivity contribution in [3.8, 4) is 0 Å². The van der Waals surface area contributed by atoms with E-state index in [4.69, 9.17) is 5.41 Å². The van der Waals surface area contributed by atoms with Crippen molar-refractivity contribution in [3.05, 3.63) is 0 Å². The molecule has 0 amide bonds. The first-order chi connectivity index (χ1) is 3.85.